The number of carbonyl (C=O) groups excluding carboxylic acids is 1. The topological polar surface area (TPSA) is 32.3 Å². The van der Waals surface area contributed by atoms with E-state index in [9.17, 15) is 18.0 Å². The molecule has 2 saturated heterocycles. The van der Waals surface area contributed by atoms with Crippen LogP contribution >= 0.6 is 0 Å². The van der Waals surface area contributed by atoms with Gasteiger partial charge in [-0.15, -0.1) is 0 Å². The molecule has 2 aromatic carbocycles. The molecule has 0 bridgehead atoms. The van der Waals surface area contributed by atoms with Gasteiger partial charge in [-0.25, -0.2) is 0 Å². The standard InChI is InChI=1S/C25H29F3N2O/c1-17-21(8-5-9-22(17)25(26,27)28)24(31)29-16-18-11-13-19(14-12-18)23-10-4-7-20-6-2-3-15-30(20)23/h5,8-9,11-14,20,23H,2-4,6-7,10,15-16H2,1H3,(H,29,31). The third-order valence-electron chi connectivity index (χ3n) is 6.79. The number of halogens is 3. The van der Waals surface area contributed by atoms with Gasteiger partial charge >= 0.3 is 6.18 Å². The average molecular weight is 431 g/mol. The Hall–Kier alpha value is -2.34. The molecule has 2 aliphatic rings. The molecule has 31 heavy (non-hydrogen) atoms. The molecule has 1 N–H and O–H groups in total. The van der Waals surface area contributed by atoms with Crippen molar-refractivity contribution < 1.29 is 18.0 Å². The minimum atomic E-state index is -4.47. The lowest BCUT2D eigenvalue weighted by Crippen LogP contribution is -2.44. The molecule has 2 heterocycles. The van der Waals surface area contributed by atoms with Crippen LogP contribution in [0.25, 0.3) is 0 Å². The van der Waals surface area contributed by atoms with Crippen molar-refractivity contribution in [1.29, 1.82) is 0 Å². The molecular formula is C25H29F3N2O. The molecule has 2 aromatic rings. The van der Waals surface area contributed by atoms with Gasteiger partial charge in [0.1, 0.15) is 0 Å². The van der Waals surface area contributed by atoms with E-state index in [2.05, 4.69) is 22.3 Å². The van der Waals surface area contributed by atoms with Gasteiger partial charge < -0.3 is 5.32 Å². The molecule has 3 nitrogen and oxygen atoms in total. The zero-order chi connectivity index (χ0) is 22.0. The normalized spacial score (nSPS) is 22.1. The Morgan fingerprint density at radius 1 is 1.03 bits per heavy atom. The van der Waals surface area contributed by atoms with Crippen molar-refractivity contribution in [3.63, 3.8) is 0 Å². The number of piperidine rings is 2. The number of nitrogens with one attached hydrogen (secondary N) is 1. The summed E-state index contributed by atoms with van der Waals surface area (Å²) in [6.45, 7) is 2.79. The van der Waals surface area contributed by atoms with E-state index in [0.29, 0.717) is 12.1 Å². The molecule has 0 aromatic heterocycles. The molecule has 2 fully saturated rings. The maximum atomic E-state index is 13.1. The summed E-state index contributed by atoms with van der Waals surface area (Å²) < 4.78 is 39.3. The Kier molecular flexibility index (Phi) is 6.37. The number of alkyl halides is 3. The molecule has 166 valence electrons. The Balaban J connectivity index is 1.40. The predicted molar refractivity (Wildman–Crippen MR) is 115 cm³/mol. The van der Waals surface area contributed by atoms with Crippen molar-refractivity contribution in [3.05, 3.63) is 70.3 Å². The molecule has 2 aliphatic heterocycles. The number of hydrogen-bond donors (Lipinski definition) is 1. The van der Waals surface area contributed by atoms with Crippen molar-refractivity contribution >= 4 is 5.91 Å². The highest BCUT2D eigenvalue weighted by Gasteiger charge is 2.34. The zero-order valence-electron chi connectivity index (χ0n) is 17.8. The SMILES string of the molecule is Cc1c(C(=O)NCc2ccc(C3CCCC4CCCCN43)cc2)cccc1C(F)(F)F. The third kappa shape index (κ3) is 4.79. The van der Waals surface area contributed by atoms with Crippen molar-refractivity contribution in [2.45, 2.75) is 70.3 Å². The molecule has 4 rings (SSSR count). The lowest BCUT2D eigenvalue weighted by Gasteiger charge is -2.45. The lowest BCUT2D eigenvalue weighted by molar-refractivity contribution is -0.138. The molecule has 0 spiro atoms. The van der Waals surface area contributed by atoms with Gasteiger partial charge in [0.05, 0.1) is 5.56 Å². The van der Waals surface area contributed by atoms with E-state index in [1.807, 2.05) is 12.1 Å². The summed E-state index contributed by atoms with van der Waals surface area (Å²) in [4.78, 5) is 15.2. The second-order valence-corrected chi connectivity index (χ2v) is 8.73. The summed E-state index contributed by atoms with van der Waals surface area (Å²) in [5.74, 6) is -0.490. The van der Waals surface area contributed by atoms with Gasteiger partial charge in [-0.2, -0.15) is 13.2 Å². The van der Waals surface area contributed by atoms with E-state index in [1.54, 1.807) is 0 Å². The first-order valence-electron chi connectivity index (χ1n) is 11.1. The van der Waals surface area contributed by atoms with Crippen molar-refractivity contribution in [2.75, 3.05) is 6.54 Å². The molecular weight excluding hydrogens is 401 g/mol. The smallest absolute Gasteiger partial charge is 0.348 e. The first-order chi connectivity index (χ1) is 14.8. The van der Waals surface area contributed by atoms with E-state index in [-0.39, 0.29) is 17.7 Å². The summed E-state index contributed by atoms with van der Waals surface area (Å²) in [6, 6.07) is 13.2. The van der Waals surface area contributed by atoms with Gasteiger partial charge in [0.2, 0.25) is 0 Å². The van der Waals surface area contributed by atoms with E-state index in [1.165, 1.54) is 69.7 Å². The average Bonchev–Trinajstić information content (AvgIpc) is 2.77. The Morgan fingerprint density at radius 2 is 1.77 bits per heavy atom. The van der Waals surface area contributed by atoms with Crippen LogP contribution in [0.3, 0.4) is 0 Å². The fourth-order valence-electron chi connectivity index (χ4n) is 5.14. The number of nitrogens with zero attached hydrogens (tertiary/aromatic N) is 1. The number of amides is 1. The largest absolute Gasteiger partial charge is 0.416 e. The molecule has 2 atom stereocenters. The minimum absolute atomic E-state index is 0.0452. The van der Waals surface area contributed by atoms with E-state index in [4.69, 9.17) is 0 Å². The Bertz CT molecular complexity index is 921. The maximum absolute atomic E-state index is 13.1. The third-order valence-corrected chi connectivity index (χ3v) is 6.79. The molecule has 0 saturated carbocycles. The fourth-order valence-corrected chi connectivity index (χ4v) is 5.14. The second kappa shape index (κ2) is 9.03. The van der Waals surface area contributed by atoms with Crippen LogP contribution in [0.1, 0.15) is 77.2 Å². The first kappa shape index (κ1) is 21.9. The van der Waals surface area contributed by atoms with Crippen LogP contribution in [0.4, 0.5) is 13.2 Å². The van der Waals surface area contributed by atoms with Gasteiger partial charge in [0.25, 0.3) is 5.91 Å². The summed E-state index contributed by atoms with van der Waals surface area (Å²) in [7, 11) is 0. The van der Waals surface area contributed by atoms with Gasteiger partial charge in [0.15, 0.2) is 0 Å². The number of carbonyl (C=O) groups is 1. The number of fused-ring (bicyclic) bond motifs is 1. The lowest BCUT2D eigenvalue weighted by atomic mass is 9.86. The number of rotatable bonds is 4. The highest BCUT2D eigenvalue weighted by Crippen LogP contribution is 2.38. The molecule has 6 heteroatoms. The van der Waals surface area contributed by atoms with Crippen LogP contribution in [-0.2, 0) is 12.7 Å². The number of benzene rings is 2. The van der Waals surface area contributed by atoms with Gasteiger partial charge in [-0.3, -0.25) is 9.69 Å². The molecule has 0 aliphatic carbocycles. The Labute approximate surface area is 181 Å². The van der Waals surface area contributed by atoms with Gasteiger partial charge in [-0.05, 0) is 74.4 Å². The monoisotopic (exact) mass is 430 g/mol. The van der Waals surface area contributed by atoms with Gasteiger partial charge in [-0.1, -0.05) is 36.8 Å². The van der Waals surface area contributed by atoms with Crippen LogP contribution in [0.15, 0.2) is 42.5 Å². The van der Waals surface area contributed by atoms with Crippen molar-refractivity contribution in [3.8, 4) is 0 Å². The highest BCUT2D eigenvalue weighted by molar-refractivity contribution is 5.95. The quantitative estimate of drug-likeness (QED) is 0.643. The minimum Gasteiger partial charge on any atom is -0.348 e. The predicted octanol–water partition coefficient (Wildman–Crippen LogP) is 6.02. The zero-order valence-corrected chi connectivity index (χ0v) is 17.8. The summed E-state index contributed by atoms with van der Waals surface area (Å²) in [6.07, 6.45) is 3.18. The summed E-state index contributed by atoms with van der Waals surface area (Å²) in [5, 5.41) is 2.76. The first-order valence-corrected chi connectivity index (χ1v) is 11.1. The van der Waals surface area contributed by atoms with E-state index in [0.717, 1.165) is 11.6 Å². The van der Waals surface area contributed by atoms with Crippen molar-refractivity contribution in [1.82, 2.24) is 10.2 Å². The summed E-state index contributed by atoms with van der Waals surface area (Å²) >= 11 is 0. The van der Waals surface area contributed by atoms with Crippen LogP contribution in [0, 0.1) is 6.92 Å². The van der Waals surface area contributed by atoms with Crippen LogP contribution in [0.2, 0.25) is 0 Å². The maximum Gasteiger partial charge on any atom is 0.416 e. The van der Waals surface area contributed by atoms with Crippen LogP contribution in [-0.4, -0.2) is 23.4 Å². The van der Waals surface area contributed by atoms with E-state index >= 15 is 0 Å². The molecule has 2 unspecified atom stereocenters. The summed E-state index contributed by atoms with van der Waals surface area (Å²) in [5.41, 5.74) is 1.50. The van der Waals surface area contributed by atoms with E-state index < -0.39 is 17.6 Å². The Morgan fingerprint density at radius 3 is 2.52 bits per heavy atom. The molecule has 1 amide bonds. The van der Waals surface area contributed by atoms with Crippen molar-refractivity contribution in [2.24, 2.45) is 0 Å². The van der Waals surface area contributed by atoms with Crippen LogP contribution < -0.4 is 5.32 Å². The molecule has 0 radical (unpaired) electrons. The highest BCUT2D eigenvalue weighted by atomic mass is 19.4. The fraction of sp³-hybridized carbons (Fsp3) is 0.480. The van der Waals surface area contributed by atoms with Gasteiger partial charge in [0, 0.05) is 24.2 Å². The van der Waals surface area contributed by atoms with Crippen LogP contribution in [0.5, 0.6) is 0 Å². The second-order valence-electron chi connectivity index (χ2n) is 8.73. The number of hydrogen-bond acceptors (Lipinski definition) is 2.